The minimum Gasteiger partial charge on any atom is -0.298 e. The van der Waals surface area contributed by atoms with Crippen molar-refractivity contribution in [3.8, 4) is 0 Å². The van der Waals surface area contributed by atoms with Gasteiger partial charge in [0.1, 0.15) is 6.29 Å². The van der Waals surface area contributed by atoms with Crippen molar-refractivity contribution in [1.82, 2.24) is 0 Å². The van der Waals surface area contributed by atoms with Crippen LogP contribution in [0.5, 0.6) is 0 Å². The van der Waals surface area contributed by atoms with Gasteiger partial charge in [-0.05, 0) is 30.8 Å². The maximum absolute atomic E-state index is 10.4. The van der Waals surface area contributed by atoms with Crippen LogP contribution in [0, 0.1) is 5.92 Å². The zero-order valence-corrected chi connectivity index (χ0v) is 7.18. The third kappa shape index (κ3) is 2.49. The van der Waals surface area contributed by atoms with E-state index in [1.807, 2.05) is 0 Å². The molecule has 0 heterocycles. The molecule has 0 fully saturated rings. The van der Waals surface area contributed by atoms with E-state index in [0.717, 1.165) is 30.6 Å². The van der Waals surface area contributed by atoms with Crippen molar-refractivity contribution < 1.29 is 4.79 Å². The van der Waals surface area contributed by atoms with Gasteiger partial charge in [-0.1, -0.05) is 25.8 Å². The van der Waals surface area contributed by atoms with E-state index in [4.69, 9.17) is 0 Å². The van der Waals surface area contributed by atoms with E-state index in [2.05, 4.69) is 13.0 Å². The van der Waals surface area contributed by atoms with Gasteiger partial charge in [0.05, 0.1) is 0 Å². The third-order valence-corrected chi connectivity index (χ3v) is 2.35. The molecular formula is C10H16O. The van der Waals surface area contributed by atoms with E-state index >= 15 is 0 Å². The lowest BCUT2D eigenvalue weighted by atomic mass is 9.86. The minimum absolute atomic E-state index is 0.783. The monoisotopic (exact) mass is 152 g/mol. The molecule has 11 heavy (non-hydrogen) atoms. The molecule has 1 atom stereocenters. The average Bonchev–Trinajstić information content (AvgIpc) is 2.06. The summed E-state index contributed by atoms with van der Waals surface area (Å²) in [6.45, 7) is 2.21. The molecule has 1 unspecified atom stereocenters. The third-order valence-electron chi connectivity index (χ3n) is 2.35. The van der Waals surface area contributed by atoms with Crippen molar-refractivity contribution in [3.63, 3.8) is 0 Å². The van der Waals surface area contributed by atoms with Crippen LogP contribution in [-0.4, -0.2) is 6.29 Å². The largest absolute Gasteiger partial charge is 0.298 e. The molecule has 1 aliphatic rings. The van der Waals surface area contributed by atoms with E-state index in [-0.39, 0.29) is 0 Å². The summed E-state index contributed by atoms with van der Waals surface area (Å²) in [5, 5.41) is 0. The molecule has 0 N–H and O–H groups in total. The SMILES string of the molecule is CCCC1CCC=C(C=O)C1. The Kier molecular flexibility index (Phi) is 3.34. The predicted molar refractivity (Wildman–Crippen MR) is 46.4 cm³/mol. The summed E-state index contributed by atoms with van der Waals surface area (Å²) >= 11 is 0. The van der Waals surface area contributed by atoms with E-state index in [0.29, 0.717) is 0 Å². The number of hydrogen-bond donors (Lipinski definition) is 0. The van der Waals surface area contributed by atoms with Gasteiger partial charge >= 0.3 is 0 Å². The lowest BCUT2D eigenvalue weighted by Crippen LogP contribution is -2.06. The Morgan fingerprint density at radius 2 is 2.55 bits per heavy atom. The van der Waals surface area contributed by atoms with Gasteiger partial charge in [-0.2, -0.15) is 0 Å². The fourth-order valence-corrected chi connectivity index (χ4v) is 1.77. The van der Waals surface area contributed by atoms with Crippen LogP contribution >= 0.6 is 0 Å². The van der Waals surface area contributed by atoms with E-state index in [1.165, 1.54) is 19.3 Å². The van der Waals surface area contributed by atoms with Gasteiger partial charge in [0.2, 0.25) is 0 Å². The van der Waals surface area contributed by atoms with Gasteiger partial charge in [-0.3, -0.25) is 4.79 Å². The number of carbonyl (C=O) groups is 1. The Labute approximate surface area is 68.5 Å². The predicted octanol–water partition coefficient (Wildman–Crippen LogP) is 2.71. The Bertz CT molecular complexity index is 158. The fourth-order valence-electron chi connectivity index (χ4n) is 1.77. The first kappa shape index (κ1) is 8.51. The molecule has 0 amide bonds. The molecule has 0 bridgehead atoms. The first-order valence-electron chi connectivity index (χ1n) is 4.51. The number of allylic oxidation sites excluding steroid dienone is 2. The Balaban J connectivity index is 2.39. The maximum Gasteiger partial charge on any atom is 0.145 e. The highest BCUT2D eigenvalue weighted by molar-refractivity contribution is 5.73. The minimum atomic E-state index is 0.783. The molecule has 0 aliphatic heterocycles. The maximum atomic E-state index is 10.4. The molecular weight excluding hydrogens is 136 g/mol. The highest BCUT2D eigenvalue weighted by Gasteiger charge is 2.13. The fraction of sp³-hybridized carbons (Fsp3) is 0.700. The lowest BCUT2D eigenvalue weighted by molar-refractivity contribution is -0.105. The summed E-state index contributed by atoms with van der Waals surface area (Å²) in [5.41, 5.74) is 1.02. The summed E-state index contributed by atoms with van der Waals surface area (Å²) in [4.78, 5) is 10.4. The van der Waals surface area contributed by atoms with Gasteiger partial charge in [-0.15, -0.1) is 0 Å². The standard InChI is InChI=1S/C10H16O/c1-2-4-9-5-3-6-10(7-9)8-11/h6,8-9H,2-5,7H2,1H3. The number of aldehydes is 1. The van der Waals surface area contributed by atoms with Crippen LogP contribution in [0.2, 0.25) is 0 Å². The zero-order chi connectivity index (χ0) is 8.10. The van der Waals surface area contributed by atoms with Crippen LogP contribution in [0.25, 0.3) is 0 Å². The van der Waals surface area contributed by atoms with Crippen LogP contribution in [0.1, 0.15) is 39.0 Å². The van der Waals surface area contributed by atoms with Crippen LogP contribution in [0.3, 0.4) is 0 Å². The van der Waals surface area contributed by atoms with E-state index < -0.39 is 0 Å². The van der Waals surface area contributed by atoms with Gasteiger partial charge in [0, 0.05) is 0 Å². The molecule has 0 aromatic carbocycles. The van der Waals surface area contributed by atoms with Crippen molar-refractivity contribution >= 4 is 6.29 Å². The number of rotatable bonds is 3. The van der Waals surface area contributed by atoms with Crippen LogP contribution < -0.4 is 0 Å². The molecule has 0 spiro atoms. The Morgan fingerprint density at radius 1 is 1.73 bits per heavy atom. The second-order valence-corrected chi connectivity index (χ2v) is 3.33. The molecule has 0 aromatic rings. The molecule has 1 heteroatoms. The molecule has 0 saturated carbocycles. The van der Waals surface area contributed by atoms with E-state index in [9.17, 15) is 4.79 Å². The molecule has 1 aliphatic carbocycles. The number of carbonyl (C=O) groups excluding carboxylic acids is 1. The van der Waals surface area contributed by atoms with Gasteiger partial charge in [0.15, 0.2) is 0 Å². The summed E-state index contributed by atoms with van der Waals surface area (Å²) in [5.74, 6) is 0.783. The van der Waals surface area contributed by atoms with Crippen LogP contribution in [0.15, 0.2) is 11.6 Å². The summed E-state index contributed by atoms with van der Waals surface area (Å²) < 4.78 is 0. The van der Waals surface area contributed by atoms with Crippen molar-refractivity contribution in [3.05, 3.63) is 11.6 Å². The molecule has 1 rings (SSSR count). The topological polar surface area (TPSA) is 17.1 Å². The summed E-state index contributed by atoms with van der Waals surface area (Å²) in [6.07, 6.45) is 9.05. The number of hydrogen-bond acceptors (Lipinski definition) is 1. The smallest absolute Gasteiger partial charge is 0.145 e. The summed E-state index contributed by atoms with van der Waals surface area (Å²) in [6, 6.07) is 0. The highest BCUT2D eigenvalue weighted by Crippen LogP contribution is 2.26. The second kappa shape index (κ2) is 4.32. The Hall–Kier alpha value is -0.590. The van der Waals surface area contributed by atoms with Crippen LogP contribution in [-0.2, 0) is 4.79 Å². The van der Waals surface area contributed by atoms with E-state index in [1.54, 1.807) is 0 Å². The van der Waals surface area contributed by atoms with Crippen molar-refractivity contribution in [2.45, 2.75) is 39.0 Å². The van der Waals surface area contributed by atoms with Gasteiger partial charge in [0.25, 0.3) is 0 Å². The average molecular weight is 152 g/mol. The van der Waals surface area contributed by atoms with Crippen molar-refractivity contribution in [1.29, 1.82) is 0 Å². The van der Waals surface area contributed by atoms with Gasteiger partial charge < -0.3 is 0 Å². The molecule has 62 valence electrons. The van der Waals surface area contributed by atoms with Crippen LogP contribution in [0.4, 0.5) is 0 Å². The molecule has 0 saturated heterocycles. The normalized spacial score (nSPS) is 24.5. The quantitative estimate of drug-likeness (QED) is 0.568. The second-order valence-electron chi connectivity index (χ2n) is 3.33. The zero-order valence-electron chi connectivity index (χ0n) is 7.18. The van der Waals surface area contributed by atoms with Gasteiger partial charge in [-0.25, -0.2) is 0 Å². The lowest BCUT2D eigenvalue weighted by Gasteiger charge is -2.19. The molecule has 1 nitrogen and oxygen atoms in total. The Morgan fingerprint density at radius 3 is 3.18 bits per heavy atom. The highest BCUT2D eigenvalue weighted by atomic mass is 16.1. The van der Waals surface area contributed by atoms with Crippen molar-refractivity contribution in [2.75, 3.05) is 0 Å². The summed E-state index contributed by atoms with van der Waals surface area (Å²) in [7, 11) is 0. The first-order chi connectivity index (χ1) is 5.36. The van der Waals surface area contributed by atoms with Crippen molar-refractivity contribution in [2.24, 2.45) is 5.92 Å². The first-order valence-corrected chi connectivity index (χ1v) is 4.51. The molecule has 0 aromatic heterocycles. The molecule has 0 radical (unpaired) electrons.